The normalized spacial score (nSPS) is 11.8. The van der Waals surface area contributed by atoms with Gasteiger partial charge in [-0.2, -0.15) is 8.78 Å². The van der Waals surface area contributed by atoms with Crippen LogP contribution in [0.5, 0.6) is 0 Å². The molecule has 13 heavy (non-hydrogen) atoms. The van der Waals surface area contributed by atoms with Crippen LogP contribution >= 0.6 is 22.6 Å². The molecule has 4 heteroatoms. The zero-order valence-corrected chi connectivity index (χ0v) is 9.18. The molecule has 1 aromatic rings. The van der Waals surface area contributed by atoms with Crippen molar-refractivity contribution in [1.29, 1.82) is 0 Å². The minimum Gasteiger partial charge on any atom is -0.390 e. The van der Waals surface area contributed by atoms with Gasteiger partial charge < -0.3 is 5.11 Å². The average Bonchev–Trinajstić information content (AvgIpc) is 2.09. The Hall–Kier alpha value is -0.230. The number of halogens is 3. The van der Waals surface area contributed by atoms with Gasteiger partial charge in [0.2, 0.25) is 0 Å². The number of hydrogen-bond donors (Lipinski definition) is 1. The zero-order chi connectivity index (χ0) is 10.1. The van der Waals surface area contributed by atoms with Crippen LogP contribution in [-0.4, -0.2) is 11.7 Å². The van der Waals surface area contributed by atoms with Crippen LogP contribution in [0.2, 0.25) is 0 Å². The van der Waals surface area contributed by atoms with Gasteiger partial charge in [-0.1, -0.05) is 12.1 Å². The predicted molar refractivity (Wildman–Crippen MR) is 54.9 cm³/mol. The van der Waals surface area contributed by atoms with Crippen LogP contribution in [0.1, 0.15) is 11.1 Å². The highest BCUT2D eigenvalue weighted by Crippen LogP contribution is 2.31. The van der Waals surface area contributed by atoms with E-state index in [4.69, 9.17) is 5.11 Å². The third-order valence-electron chi connectivity index (χ3n) is 1.86. The lowest BCUT2D eigenvalue weighted by Gasteiger charge is -2.16. The summed E-state index contributed by atoms with van der Waals surface area (Å²) in [6, 6.07) is 4.66. The van der Waals surface area contributed by atoms with Gasteiger partial charge in [0.05, 0.1) is 0 Å². The van der Waals surface area contributed by atoms with Crippen LogP contribution in [0, 0.1) is 10.5 Å². The Balaban J connectivity index is 3.22. The highest BCUT2D eigenvalue weighted by Gasteiger charge is 2.32. The van der Waals surface area contributed by atoms with E-state index in [-0.39, 0.29) is 5.56 Å². The molecule has 1 nitrogen and oxygen atoms in total. The van der Waals surface area contributed by atoms with Gasteiger partial charge in [-0.3, -0.25) is 0 Å². The van der Waals surface area contributed by atoms with Gasteiger partial charge in [0.15, 0.2) is 0 Å². The molecule has 0 atom stereocenters. The maximum atomic E-state index is 13.1. The summed E-state index contributed by atoms with van der Waals surface area (Å²) in [6.45, 7) is 0.481. The van der Waals surface area contributed by atoms with Gasteiger partial charge in [0.1, 0.15) is 6.61 Å². The number of rotatable bonds is 2. The monoisotopic (exact) mass is 298 g/mol. The van der Waals surface area contributed by atoms with Crippen molar-refractivity contribution in [1.82, 2.24) is 0 Å². The van der Waals surface area contributed by atoms with Gasteiger partial charge in [-0.05, 0) is 41.1 Å². The van der Waals surface area contributed by atoms with Crippen molar-refractivity contribution in [2.45, 2.75) is 12.8 Å². The molecule has 72 valence electrons. The van der Waals surface area contributed by atoms with Crippen LogP contribution in [-0.2, 0) is 5.92 Å². The molecule has 0 spiro atoms. The van der Waals surface area contributed by atoms with E-state index in [0.29, 0.717) is 5.56 Å². The first-order valence-electron chi connectivity index (χ1n) is 3.73. The molecule has 0 saturated carbocycles. The summed E-state index contributed by atoms with van der Waals surface area (Å²) in [5, 5.41) is 8.51. The lowest BCUT2D eigenvalue weighted by atomic mass is 10.0. The maximum Gasteiger partial charge on any atom is 0.296 e. The summed E-state index contributed by atoms with van der Waals surface area (Å²) in [5.41, 5.74) is 0.434. The Morgan fingerprint density at radius 1 is 1.46 bits per heavy atom. The quantitative estimate of drug-likeness (QED) is 0.832. The second-order valence-corrected chi connectivity index (χ2v) is 3.94. The van der Waals surface area contributed by atoms with Crippen molar-refractivity contribution in [3.63, 3.8) is 0 Å². The minimum atomic E-state index is -3.13. The molecule has 0 amide bonds. The SMILES string of the molecule is Cc1c(I)cccc1C(F)(F)CO. The third-order valence-corrected chi connectivity index (χ3v) is 3.03. The molecular weight excluding hydrogens is 289 g/mol. The number of benzene rings is 1. The van der Waals surface area contributed by atoms with E-state index in [2.05, 4.69) is 0 Å². The summed E-state index contributed by atoms with van der Waals surface area (Å²) < 4.78 is 26.9. The van der Waals surface area contributed by atoms with Gasteiger partial charge in [-0.25, -0.2) is 0 Å². The zero-order valence-electron chi connectivity index (χ0n) is 7.02. The van der Waals surface area contributed by atoms with Gasteiger partial charge in [-0.15, -0.1) is 0 Å². The molecule has 0 aromatic heterocycles. The van der Waals surface area contributed by atoms with Crippen molar-refractivity contribution in [2.24, 2.45) is 0 Å². The van der Waals surface area contributed by atoms with E-state index in [9.17, 15) is 8.78 Å². The average molecular weight is 298 g/mol. The fourth-order valence-electron chi connectivity index (χ4n) is 1.09. The molecule has 0 fully saturated rings. The van der Waals surface area contributed by atoms with Gasteiger partial charge >= 0.3 is 0 Å². The van der Waals surface area contributed by atoms with Gasteiger partial charge in [0.25, 0.3) is 5.92 Å². The molecule has 0 heterocycles. The van der Waals surface area contributed by atoms with Gasteiger partial charge in [0, 0.05) is 9.13 Å². The Morgan fingerprint density at radius 3 is 2.62 bits per heavy atom. The topological polar surface area (TPSA) is 20.2 Å². The van der Waals surface area contributed by atoms with Crippen LogP contribution in [0.15, 0.2) is 18.2 Å². The second-order valence-electron chi connectivity index (χ2n) is 2.77. The predicted octanol–water partition coefficient (Wildman–Crippen LogP) is 2.68. The third kappa shape index (κ3) is 2.17. The van der Waals surface area contributed by atoms with Crippen molar-refractivity contribution in [3.8, 4) is 0 Å². The molecule has 0 unspecified atom stereocenters. The number of aliphatic hydroxyl groups is 1. The highest BCUT2D eigenvalue weighted by atomic mass is 127. The molecule has 0 aliphatic rings. The Labute approximate surface area is 88.9 Å². The number of hydrogen-bond acceptors (Lipinski definition) is 1. The lowest BCUT2D eigenvalue weighted by Crippen LogP contribution is -2.20. The molecule has 0 saturated heterocycles. The largest absolute Gasteiger partial charge is 0.390 e. The van der Waals surface area contributed by atoms with E-state index in [1.807, 2.05) is 22.6 Å². The summed E-state index contributed by atoms with van der Waals surface area (Å²) in [6.07, 6.45) is 0. The first-order valence-corrected chi connectivity index (χ1v) is 4.81. The van der Waals surface area contributed by atoms with E-state index < -0.39 is 12.5 Å². The van der Waals surface area contributed by atoms with Crippen molar-refractivity contribution >= 4 is 22.6 Å². The summed E-state index contributed by atoms with van der Waals surface area (Å²) >= 11 is 1.99. The first kappa shape index (κ1) is 10.8. The molecule has 1 rings (SSSR count). The molecule has 0 bridgehead atoms. The Morgan fingerprint density at radius 2 is 2.08 bits per heavy atom. The van der Waals surface area contributed by atoms with E-state index >= 15 is 0 Å². The van der Waals surface area contributed by atoms with Crippen LogP contribution < -0.4 is 0 Å². The number of aliphatic hydroxyl groups excluding tert-OH is 1. The molecule has 0 radical (unpaired) electrons. The van der Waals surface area contributed by atoms with E-state index in [1.54, 1.807) is 19.1 Å². The van der Waals surface area contributed by atoms with E-state index in [1.165, 1.54) is 6.07 Å². The van der Waals surface area contributed by atoms with E-state index in [0.717, 1.165) is 3.57 Å². The van der Waals surface area contributed by atoms with Crippen LogP contribution in [0.3, 0.4) is 0 Å². The number of alkyl halides is 2. The lowest BCUT2D eigenvalue weighted by molar-refractivity contribution is -0.0561. The smallest absolute Gasteiger partial charge is 0.296 e. The Kier molecular flexibility index (Phi) is 3.23. The van der Waals surface area contributed by atoms with Crippen molar-refractivity contribution in [3.05, 3.63) is 32.9 Å². The maximum absolute atomic E-state index is 13.1. The standard InChI is InChI=1S/C9H9F2IO/c1-6-7(9(10,11)5-13)3-2-4-8(6)12/h2-4,13H,5H2,1H3. The van der Waals surface area contributed by atoms with Crippen LogP contribution in [0.4, 0.5) is 8.78 Å². The highest BCUT2D eigenvalue weighted by molar-refractivity contribution is 14.1. The fourth-order valence-corrected chi connectivity index (χ4v) is 1.59. The van der Waals surface area contributed by atoms with Crippen LogP contribution in [0.25, 0.3) is 0 Å². The molecule has 1 aromatic carbocycles. The summed E-state index contributed by atoms with van der Waals surface area (Å²) in [7, 11) is 0. The minimum absolute atomic E-state index is 0.0955. The second kappa shape index (κ2) is 3.88. The molecular formula is C9H9F2IO. The first-order chi connectivity index (χ1) is 5.99. The molecule has 0 aliphatic carbocycles. The Bertz CT molecular complexity index is 312. The fraction of sp³-hybridized carbons (Fsp3) is 0.333. The van der Waals surface area contributed by atoms with Crippen molar-refractivity contribution in [2.75, 3.05) is 6.61 Å². The summed E-state index contributed by atoms with van der Waals surface area (Å²) in [5.74, 6) is -3.13. The van der Waals surface area contributed by atoms with Crippen molar-refractivity contribution < 1.29 is 13.9 Å². The molecule has 0 aliphatic heterocycles. The molecule has 1 N–H and O–H groups in total. The summed E-state index contributed by atoms with van der Waals surface area (Å²) in [4.78, 5) is 0.